The molecule has 6 aromatic rings. The molecule has 3 aromatic carbocycles. The van der Waals surface area contributed by atoms with Gasteiger partial charge < -0.3 is 0 Å². The zero-order chi connectivity index (χ0) is 26.4. The molecule has 0 radical (unpaired) electrons. The first-order valence-electron chi connectivity index (χ1n) is 11.9. The lowest BCUT2D eigenvalue weighted by Gasteiger charge is -2.03. The van der Waals surface area contributed by atoms with Crippen LogP contribution in [0.15, 0.2) is 93.1 Å². The molecule has 0 N–H and O–H groups in total. The van der Waals surface area contributed by atoms with E-state index in [1.807, 2.05) is 43.5 Å². The van der Waals surface area contributed by atoms with E-state index in [4.69, 9.17) is 11.6 Å². The molecule has 8 heteroatoms. The third-order valence-electron chi connectivity index (χ3n) is 5.69. The number of halogens is 1. The highest BCUT2D eigenvalue weighted by Crippen LogP contribution is 2.26. The second-order valence-electron chi connectivity index (χ2n) is 8.05. The maximum absolute atomic E-state index is 11.9. The standard InChI is InChI=1S/C15H12ClNOS.C12H9NOS2.C2H6/c1-10-14(16)19-17(15(10)18)9-11-6-7-12-4-2-3-5-13(12)8-11;14-12-5-6-16-13(12)7-9-8-15-11-4-2-1-3-10(9)11;1-2/h2-8H,9H2,1H3;1-6,8H,7H2;1-2H3. The molecule has 0 aliphatic heterocycles. The Hall–Kier alpha value is -2.97. The Kier molecular flexibility index (Phi) is 9.16. The molecule has 3 aromatic heterocycles. The molecule has 0 saturated heterocycles. The fourth-order valence-corrected chi connectivity index (χ4v) is 6.65. The van der Waals surface area contributed by atoms with Crippen LogP contribution in [-0.4, -0.2) is 7.91 Å². The number of fused-ring (bicyclic) bond motifs is 2. The van der Waals surface area contributed by atoms with Crippen molar-refractivity contribution in [3.8, 4) is 0 Å². The van der Waals surface area contributed by atoms with Gasteiger partial charge in [-0.1, -0.05) is 91.6 Å². The number of benzene rings is 3. The zero-order valence-corrected chi connectivity index (χ0v) is 24.0. The maximum Gasteiger partial charge on any atom is 0.265 e. The van der Waals surface area contributed by atoms with Gasteiger partial charge in [-0.3, -0.25) is 17.5 Å². The minimum absolute atomic E-state index is 0.00292. The first-order chi connectivity index (χ1) is 18.0. The Balaban J connectivity index is 0.000000164. The molecule has 0 aliphatic carbocycles. The van der Waals surface area contributed by atoms with Gasteiger partial charge in [0.15, 0.2) is 0 Å². The lowest BCUT2D eigenvalue weighted by molar-refractivity contribution is 0.845. The Morgan fingerprint density at radius 3 is 2.27 bits per heavy atom. The van der Waals surface area contributed by atoms with E-state index in [0.717, 1.165) is 5.56 Å². The third-order valence-corrected chi connectivity index (χ3v) is 9.00. The van der Waals surface area contributed by atoms with Crippen LogP contribution in [0.1, 0.15) is 30.5 Å². The van der Waals surface area contributed by atoms with E-state index in [1.54, 1.807) is 32.2 Å². The summed E-state index contributed by atoms with van der Waals surface area (Å²) in [6, 6.07) is 24.4. The quantitative estimate of drug-likeness (QED) is 0.215. The predicted molar refractivity (Wildman–Crippen MR) is 162 cm³/mol. The summed E-state index contributed by atoms with van der Waals surface area (Å²) in [7, 11) is 0. The van der Waals surface area contributed by atoms with Gasteiger partial charge in [0.25, 0.3) is 11.1 Å². The number of rotatable bonds is 4. The van der Waals surface area contributed by atoms with Crippen LogP contribution in [0.4, 0.5) is 0 Å². The molecule has 0 atom stereocenters. The minimum Gasteiger partial charge on any atom is -0.268 e. The van der Waals surface area contributed by atoms with Crippen LogP contribution in [0.3, 0.4) is 0 Å². The Morgan fingerprint density at radius 1 is 0.838 bits per heavy atom. The fourth-order valence-electron chi connectivity index (χ4n) is 3.81. The Morgan fingerprint density at radius 2 is 1.57 bits per heavy atom. The zero-order valence-electron chi connectivity index (χ0n) is 20.8. The largest absolute Gasteiger partial charge is 0.268 e. The molecule has 37 heavy (non-hydrogen) atoms. The van der Waals surface area contributed by atoms with E-state index >= 15 is 0 Å². The molecule has 0 amide bonds. The number of hydrogen-bond acceptors (Lipinski definition) is 5. The Labute approximate surface area is 232 Å². The average molecular weight is 567 g/mol. The molecule has 0 spiro atoms. The van der Waals surface area contributed by atoms with Crippen LogP contribution in [0, 0.1) is 6.92 Å². The highest BCUT2D eigenvalue weighted by Gasteiger charge is 2.09. The molecule has 0 fully saturated rings. The normalized spacial score (nSPS) is 10.6. The van der Waals surface area contributed by atoms with Gasteiger partial charge in [-0.15, -0.1) is 11.3 Å². The van der Waals surface area contributed by atoms with E-state index < -0.39 is 0 Å². The second kappa shape index (κ2) is 12.5. The van der Waals surface area contributed by atoms with Crippen molar-refractivity contribution < 1.29 is 0 Å². The highest BCUT2D eigenvalue weighted by atomic mass is 35.5. The Bertz CT molecular complexity index is 1740. The molecule has 6 rings (SSSR count). The van der Waals surface area contributed by atoms with Crippen molar-refractivity contribution in [2.24, 2.45) is 0 Å². The van der Waals surface area contributed by atoms with Crippen LogP contribution in [0.5, 0.6) is 0 Å². The van der Waals surface area contributed by atoms with E-state index in [9.17, 15) is 9.59 Å². The summed E-state index contributed by atoms with van der Waals surface area (Å²) in [6.45, 7) is 7.01. The average Bonchev–Trinajstić information content (AvgIpc) is 3.60. The topological polar surface area (TPSA) is 44.0 Å². The van der Waals surface area contributed by atoms with Crippen LogP contribution in [0.25, 0.3) is 20.9 Å². The van der Waals surface area contributed by atoms with Crippen molar-refractivity contribution in [2.45, 2.75) is 33.9 Å². The summed E-state index contributed by atoms with van der Waals surface area (Å²) in [5.74, 6) is 0. The monoisotopic (exact) mass is 566 g/mol. The number of aromatic nitrogens is 2. The summed E-state index contributed by atoms with van der Waals surface area (Å²) >= 11 is 10.5. The van der Waals surface area contributed by atoms with E-state index in [-0.39, 0.29) is 11.1 Å². The summed E-state index contributed by atoms with van der Waals surface area (Å²) < 4.78 is 5.32. The van der Waals surface area contributed by atoms with Crippen molar-refractivity contribution in [1.29, 1.82) is 0 Å². The second-order valence-corrected chi connectivity index (χ2v) is 11.5. The first kappa shape index (κ1) is 27.1. The van der Waals surface area contributed by atoms with E-state index in [0.29, 0.717) is 23.0 Å². The van der Waals surface area contributed by atoms with Crippen molar-refractivity contribution in [3.63, 3.8) is 0 Å². The molecule has 3 heterocycles. The summed E-state index contributed by atoms with van der Waals surface area (Å²) in [5, 5.41) is 7.62. The minimum atomic E-state index is 0.00292. The number of thiophene rings is 1. The van der Waals surface area contributed by atoms with Crippen molar-refractivity contribution >= 4 is 66.9 Å². The molecular formula is C29H27ClN2O2S3. The molecule has 0 bridgehead atoms. The maximum atomic E-state index is 11.9. The van der Waals surface area contributed by atoms with Crippen LogP contribution < -0.4 is 11.1 Å². The lowest BCUT2D eigenvalue weighted by atomic mass is 10.1. The molecule has 0 aliphatic rings. The third kappa shape index (κ3) is 6.30. The van der Waals surface area contributed by atoms with Crippen LogP contribution in [0.2, 0.25) is 4.34 Å². The van der Waals surface area contributed by atoms with Gasteiger partial charge in [-0.25, -0.2) is 0 Å². The van der Waals surface area contributed by atoms with Gasteiger partial charge in [0, 0.05) is 21.7 Å². The van der Waals surface area contributed by atoms with E-state index in [1.165, 1.54) is 49.5 Å². The summed E-state index contributed by atoms with van der Waals surface area (Å²) in [6.07, 6.45) is 0. The first-order valence-corrected chi connectivity index (χ1v) is 14.8. The van der Waals surface area contributed by atoms with Crippen molar-refractivity contribution in [1.82, 2.24) is 7.91 Å². The van der Waals surface area contributed by atoms with Crippen molar-refractivity contribution in [2.75, 3.05) is 0 Å². The van der Waals surface area contributed by atoms with Gasteiger partial charge in [0.2, 0.25) is 0 Å². The number of nitrogens with zero attached hydrogens (tertiary/aromatic N) is 2. The van der Waals surface area contributed by atoms with Gasteiger partial charge in [0.1, 0.15) is 4.34 Å². The molecule has 0 unspecified atom stereocenters. The van der Waals surface area contributed by atoms with Gasteiger partial charge >= 0.3 is 0 Å². The van der Waals surface area contributed by atoms with Gasteiger partial charge in [0.05, 0.1) is 13.1 Å². The molecule has 0 saturated carbocycles. The smallest absolute Gasteiger partial charge is 0.265 e. The summed E-state index contributed by atoms with van der Waals surface area (Å²) in [4.78, 5) is 23.4. The number of hydrogen-bond donors (Lipinski definition) is 0. The van der Waals surface area contributed by atoms with Gasteiger partial charge in [-0.05, 0) is 63.3 Å². The van der Waals surface area contributed by atoms with Crippen molar-refractivity contribution in [3.05, 3.63) is 125 Å². The summed E-state index contributed by atoms with van der Waals surface area (Å²) in [5.41, 5.74) is 3.06. The fraction of sp³-hybridized carbons (Fsp3) is 0.172. The van der Waals surface area contributed by atoms with Crippen LogP contribution in [-0.2, 0) is 13.1 Å². The molecule has 4 nitrogen and oxygen atoms in total. The molecule has 190 valence electrons. The SMILES string of the molecule is CC.Cc1c(Cl)sn(Cc2ccc3ccccc3c2)c1=O.O=c1ccsn1Cc1csc2ccccc12. The lowest BCUT2D eigenvalue weighted by Crippen LogP contribution is -2.15. The van der Waals surface area contributed by atoms with E-state index in [2.05, 4.69) is 47.8 Å². The van der Waals surface area contributed by atoms with Gasteiger partial charge in [-0.2, -0.15) is 0 Å². The predicted octanol–water partition coefficient (Wildman–Crippen LogP) is 8.27. The molecular weight excluding hydrogens is 540 g/mol. The van der Waals surface area contributed by atoms with Crippen LogP contribution >= 0.6 is 46.0 Å². The highest BCUT2D eigenvalue weighted by molar-refractivity contribution is 7.17.